The molecule has 0 unspecified atom stereocenters. The van der Waals surface area contributed by atoms with Gasteiger partial charge < -0.3 is 8.98 Å². The van der Waals surface area contributed by atoms with Crippen molar-refractivity contribution in [1.82, 2.24) is 9.55 Å². The lowest BCUT2D eigenvalue weighted by atomic mass is 9.92. The van der Waals surface area contributed by atoms with E-state index in [9.17, 15) is 0 Å². The van der Waals surface area contributed by atoms with Crippen LogP contribution in [0.15, 0.2) is 217 Å². The summed E-state index contributed by atoms with van der Waals surface area (Å²) in [6.45, 7) is 0. The van der Waals surface area contributed by atoms with Gasteiger partial charge in [0.05, 0.1) is 11.0 Å². The maximum atomic E-state index is 6.59. The van der Waals surface area contributed by atoms with E-state index in [1.165, 1.54) is 21.8 Å². The molecule has 0 saturated heterocycles. The van der Waals surface area contributed by atoms with Crippen molar-refractivity contribution < 1.29 is 4.42 Å². The monoisotopic (exact) mass is 729 g/mol. The zero-order valence-electron chi connectivity index (χ0n) is 31.0. The molecule has 0 N–H and O–H groups in total. The average molecular weight is 730 g/mol. The Balaban J connectivity index is 1.09. The van der Waals surface area contributed by atoms with Crippen LogP contribution in [0.2, 0.25) is 0 Å². The second-order valence-electron chi connectivity index (χ2n) is 14.4. The molecule has 0 amide bonds. The summed E-state index contributed by atoms with van der Waals surface area (Å²) in [5, 5.41) is 4.67. The van der Waals surface area contributed by atoms with Gasteiger partial charge in [0.25, 0.3) is 0 Å². The molecule has 0 aliphatic carbocycles. The Labute approximate surface area is 330 Å². The Hall–Kier alpha value is -7.69. The number of pyridine rings is 1. The highest BCUT2D eigenvalue weighted by Gasteiger charge is 2.18. The van der Waals surface area contributed by atoms with Crippen molar-refractivity contribution in [2.24, 2.45) is 0 Å². The van der Waals surface area contributed by atoms with Gasteiger partial charge in [0.15, 0.2) is 0 Å². The number of rotatable bonds is 7. The van der Waals surface area contributed by atoms with E-state index in [1.807, 2.05) is 30.5 Å². The number of hydrogen-bond donors (Lipinski definition) is 0. The van der Waals surface area contributed by atoms with Gasteiger partial charge in [0.2, 0.25) is 0 Å². The smallest absolute Gasteiger partial charge is 0.143 e. The fourth-order valence-electron chi connectivity index (χ4n) is 8.36. The Bertz CT molecular complexity index is 3180. The topological polar surface area (TPSA) is 34.2 Å². The van der Waals surface area contributed by atoms with Crippen LogP contribution < -0.4 is 4.90 Å². The van der Waals surface area contributed by atoms with Crippen LogP contribution in [0.25, 0.3) is 82.8 Å². The van der Waals surface area contributed by atoms with Gasteiger partial charge in [0.1, 0.15) is 17.0 Å². The minimum Gasteiger partial charge on any atom is -0.455 e. The second kappa shape index (κ2) is 13.6. The van der Waals surface area contributed by atoms with Crippen LogP contribution in [0.5, 0.6) is 0 Å². The van der Waals surface area contributed by atoms with E-state index in [0.717, 1.165) is 78.2 Å². The third-order valence-electron chi connectivity index (χ3n) is 11.0. The number of aromatic nitrogens is 2. The molecule has 0 saturated carbocycles. The highest BCUT2D eigenvalue weighted by molar-refractivity contribution is 6.11. The van der Waals surface area contributed by atoms with Crippen molar-refractivity contribution in [2.45, 2.75) is 0 Å². The molecule has 4 heteroatoms. The van der Waals surface area contributed by atoms with E-state index in [1.54, 1.807) is 0 Å². The minimum atomic E-state index is 0.847. The highest BCUT2D eigenvalue weighted by Crippen LogP contribution is 2.41. The van der Waals surface area contributed by atoms with Gasteiger partial charge in [-0.1, -0.05) is 115 Å². The van der Waals surface area contributed by atoms with Crippen LogP contribution in [0.4, 0.5) is 17.2 Å². The molecule has 4 nitrogen and oxygen atoms in total. The van der Waals surface area contributed by atoms with E-state index in [4.69, 9.17) is 9.40 Å². The minimum absolute atomic E-state index is 0.847. The highest BCUT2D eigenvalue weighted by atomic mass is 16.3. The number of furan rings is 1. The first-order valence-electron chi connectivity index (χ1n) is 19.3. The van der Waals surface area contributed by atoms with Gasteiger partial charge in [-0.05, 0) is 113 Å². The van der Waals surface area contributed by atoms with Crippen molar-refractivity contribution in [3.8, 4) is 39.1 Å². The van der Waals surface area contributed by atoms with Gasteiger partial charge >= 0.3 is 0 Å². The van der Waals surface area contributed by atoms with Crippen molar-refractivity contribution >= 4 is 60.9 Å². The van der Waals surface area contributed by atoms with E-state index in [-0.39, 0.29) is 0 Å². The predicted molar refractivity (Wildman–Crippen MR) is 237 cm³/mol. The molecule has 0 atom stereocenters. The Morgan fingerprint density at radius 2 is 1.00 bits per heavy atom. The lowest BCUT2D eigenvalue weighted by Gasteiger charge is -2.24. The molecule has 0 spiro atoms. The molecule has 11 rings (SSSR count). The number of hydrogen-bond acceptors (Lipinski definition) is 3. The van der Waals surface area contributed by atoms with Crippen LogP contribution in [0, 0.1) is 0 Å². The molecule has 57 heavy (non-hydrogen) atoms. The first-order valence-corrected chi connectivity index (χ1v) is 19.3. The zero-order chi connectivity index (χ0) is 37.7. The maximum Gasteiger partial charge on any atom is 0.143 e. The molecule has 0 fully saturated rings. The van der Waals surface area contributed by atoms with Crippen LogP contribution in [-0.2, 0) is 0 Å². The summed E-state index contributed by atoms with van der Waals surface area (Å²) in [7, 11) is 0. The lowest BCUT2D eigenvalue weighted by Crippen LogP contribution is -2.11. The van der Waals surface area contributed by atoms with Crippen molar-refractivity contribution in [1.29, 1.82) is 0 Å². The van der Waals surface area contributed by atoms with E-state index in [0.29, 0.717) is 0 Å². The zero-order valence-corrected chi connectivity index (χ0v) is 31.0. The van der Waals surface area contributed by atoms with Crippen molar-refractivity contribution in [3.63, 3.8) is 0 Å². The largest absolute Gasteiger partial charge is 0.455 e. The van der Waals surface area contributed by atoms with Gasteiger partial charge in [-0.15, -0.1) is 0 Å². The Morgan fingerprint density at radius 1 is 0.404 bits per heavy atom. The first-order chi connectivity index (χ1) is 28.3. The molecule has 0 bridgehead atoms. The van der Waals surface area contributed by atoms with Gasteiger partial charge in [-0.25, -0.2) is 4.98 Å². The molecular formula is C53H35N3O. The standard InChI is InChI=1S/C53H35N3O/c1-4-15-41(16-5-1)55(42-17-6-2-7-18-42)52-30-28-37(35-54-52)39-31-38(32-40(33-39)44-23-14-24-47-46-22-11-13-26-51(46)57-53(44)47)36-27-29-50-48(34-36)45-21-10-12-25-49(45)56(50)43-19-8-3-9-20-43/h1-35H. The van der Waals surface area contributed by atoms with Crippen molar-refractivity contribution in [3.05, 3.63) is 212 Å². The summed E-state index contributed by atoms with van der Waals surface area (Å²) in [6, 6.07) is 72.9. The van der Waals surface area contributed by atoms with Gasteiger partial charge in [-0.2, -0.15) is 0 Å². The molecule has 3 heterocycles. The van der Waals surface area contributed by atoms with E-state index in [2.05, 4.69) is 191 Å². The molecule has 3 aromatic heterocycles. The first kappa shape index (κ1) is 32.7. The van der Waals surface area contributed by atoms with Crippen LogP contribution in [-0.4, -0.2) is 9.55 Å². The molecule has 268 valence electrons. The molecule has 0 aliphatic rings. The molecular weight excluding hydrogens is 695 g/mol. The summed E-state index contributed by atoms with van der Waals surface area (Å²) in [5.41, 5.74) is 13.9. The molecule has 0 aliphatic heterocycles. The van der Waals surface area contributed by atoms with E-state index < -0.39 is 0 Å². The second-order valence-corrected chi connectivity index (χ2v) is 14.4. The van der Waals surface area contributed by atoms with Crippen LogP contribution in [0.1, 0.15) is 0 Å². The van der Waals surface area contributed by atoms with Crippen LogP contribution >= 0.6 is 0 Å². The predicted octanol–water partition coefficient (Wildman–Crippen LogP) is 14.5. The Kier molecular flexibility index (Phi) is 7.78. The summed E-state index contributed by atoms with van der Waals surface area (Å²) < 4.78 is 8.95. The maximum absolute atomic E-state index is 6.59. The number of nitrogens with zero attached hydrogens (tertiary/aromatic N) is 3. The summed E-state index contributed by atoms with van der Waals surface area (Å²) in [6.07, 6.45) is 2.00. The number of anilines is 3. The third kappa shape index (κ3) is 5.66. The fourth-order valence-corrected chi connectivity index (χ4v) is 8.36. The number of fused-ring (bicyclic) bond motifs is 6. The molecule has 11 aromatic rings. The molecule has 8 aromatic carbocycles. The summed E-state index contributed by atoms with van der Waals surface area (Å²) >= 11 is 0. The normalized spacial score (nSPS) is 11.5. The summed E-state index contributed by atoms with van der Waals surface area (Å²) in [5.74, 6) is 0.847. The summed E-state index contributed by atoms with van der Waals surface area (Å²) in [4.78, 5) is 7.29. The quantitative estimate of drug-likeness (QED) is 0.164. The van der Waals surface area contributed by atoms with Gasteiger partial charge in [-0.3, -0.25) is 4.90 Å². The third-order valence-corrected chi connectivity index (χ3v) is 11.0. The van der Waals surface area contributed by atoms with Gasteiger partial charge in [0, 0.05) is 55.9 Å². The van der Waals surface area contributed by atoms with Crippen molar-refractivity contribution in [2.75, 3.05) is 4.90 Å². The SMILES string of the molecule is c1ccc(N(c2ccccc2)c2ccc(-c3cc(-c4ccc5c(c4)c4ccccc4n5-c4ccccc4)cc(-c4cccc5c4oc4ccccc45)c3)cn2)cc1. The Morgan fingerprint density at radius 3 is 1.74 bits per heavy atom. The number of para-hydroxylation sites is 6. The fraction of sp³-hybridized carbons (Fsp3) is 0. The van der Waals surface area contributed by atoms with Crippen LogP contribution in [0.3, 0.4) is 0 Å². The lowest BCUT2D eigenvalue weighted by molar-refractivity contribution is 0.670. The molecule has 0 radical (unpaired) electrons. The van der Waals surface area contributed by atoms with E-state index >= 15 is 0 Å². The average Bonchev–Trinajstić information content (AvgIpc) is 3.83. The number of benzene rings is 8.